The van der Waals surface area contributed by atoms with Crippen molar-refractivity contribution in [3.63, 3.8) is 0 Å². The van der Waals surface area contributed by atoms with Crippen LogP contribution in [0.4, 0.5) is 4.39 Å². The van der Waals surface area contributed by atoms with Crippen molar-refractivity contribution in [3.8, 4) is 0 Å². The van der Waals surface area contributed by atoms with Gasteiger partial charge in [0.2, 0.25) is 0 Å². The smallest absolute Gasteiger partial charge is 0.144 e. The summed E-state index contributed by atoms with van der Waals surface area (Å²) in [5.74, 6) is -0.675. The molecule has 60 valence electrons. The topological polar surface area (TPSA) is 0 Å². The fourth-order valence-corrected chi connectivity index (χ4v) is 1.32. The molecule has 0 bridgehead atoms. The molecule has 0 aliphatic carbocycles. The Morgan fingerprint density at radius 2 is 1.45 bits per heavy atom. The lowest BCUT2D eigenvalue weighted by Gasteiger charge is -2.01. The Morgan fingerprint density at radius 3 is 2.00 bits per heavy atom. The van der Waals surface area contributed by atoms with Gasteiger partial charge in [-0.05, 0) is 6.07 Å². The zero-order valence-corrected chi connectivity index (χ0v) is 7.99. The number of benzene rings is 1. The average molecular weight is 234 g/mol. The van der Waals surface area contributed by atoms with E-state index < -0.39 is 5.82 Å². The number of hydrogen-bond acceptors (Lipinski definition) is 0. The van der Waals surface area contributed by atoms with Crippen LogP contribution < -0.4 is 0 Å². The molecule has 0 spiro atoms. The molecule has 0 saturated heterocycles. The van der Waals surface area contributed by atoms with Crippen LogP contribution in [-0.4, -0.2) is 0 Å². The van der Waals surface area contributed by atoms with E-state index in [1.165, 1.54) is 0 Å². The van der Waals surface area contributed by atoms with E-state index in [4.69, 9.17) is 46.4 Å². The fraction of sp³-hybridized carbons (Fsp3) is 0. The van der Waals surface area contributed by atoms with Crippen molar-refractivity contribution in [1.82, 2.24) is 0 Å². The second kappa shape index (κ2) is 3.36. The van der Waals surface area contributed by atoms with Gasteiger partial charge in [0, 0.05) is 0 Å². The largest absolute Gasteiger partial charge is 0.205 e. The summed E-state index contributed by atoms with van der Waals surface area (Å²) in [6.45, 7) is 0. The van der Waals surface area contributed by atoms with Gasteiger partial charge in [-0.1, -0.05) is 46.4 Å². The molecule has 0 nitrogen and oxygen atoms in total. The predicted molar refractivity (Wildman–Crippen MR) is 46.4 cm³/mol. The maximum Gasteiger partial charge on any atom is 0.144 e. The summed E-state index contributed by atoms with van der Waals surface area (Å²) < 4.78 is 12.7. The van der Waals surface area contributed by atoms with Crippen LogP contribution in [0.1, 0.15) is 0 Å². The summed E-state index contributed by atoms with van der Waals surface area (Å²) in [6, 6.07) is 1.01. The van der Waals surface area contributed by atoms with Crippen LogP contribution in [0.2, 0.25) is 20.1 Å². The van der Waals surface area contributed by atoms with E-state index in [0.29, 0.717) is 0 Å². The number of rotatable bonds is 0. The van der Waals surface area contributed by atoms with Gasteiger partial charge < -0.3 is 0 Å². The summed E-state index contributed by atoms with van der Waals surface area (Å²) in [5.41, 5.74) is 0. The number of halogens is 5. The molecule has 0 aliphatic rings. The van der Waals surface area contributed by atoms with E-state index in [1.54, 1.807) is 0 Å². The Bertz CT molecular complexity index is 271. The molecule has 0 aromatic heterocycles. The van der Waals surface area contributed by atoms with Crippen LogP contribution in [0.15, 0.2) is 6.07 Å². The molecule has 1 rings (SSSR count). The quantitative estimate of drug-likeness (QED) is 0.459. The summed E-state index contributed by atoms with van der Waals surface area (Å²) in [5, 5.41) is -0.141. The molecule has 0 amide bonds. The molecule has 5 heteroatoms. The standard InChI is InChI=1S/C6HCl4F/c7-2-1-3(11)5(9)6(10)4(2)8/h1H. The van der Waals surface area contributed by atoms with E-state index in [-0.39, 0.29) is 20.1 Å². The SMILES string of the molecule is Fc1cc(Cl)c(Cl)c(Cl)c1Cl. The Balaban J connectivity index is 3.46. The van der Waals surface area contributed by atoms with Crippen LogP contribution in [0.25, 0.3) is 0 Å². The highest BCUT2D eigenvalue weighted by atomic mass is 35.5. The minimum atomic E-state index is -0.675. The van der Waals surface area contributed by atoms with E-state index in [1.807, 2.05) is 0 Å². The fourth-order valence-electron chi connectivity index (χ4n) is 0.544. The van der Waals surface area contributed by atoms with Gasteiger partial charge in [-0.3, -0.25) is 0 Å². The normalized spacial score (nSPS) is 10.3. The van der Waals surface area contributed by atoms with Crippen molar-refractivity contribution >= 4 is 46.4 Å². The van der Waals surface area contributed by atoms with Crippen molar-refractivity contribution in [3.05, 3.63) is 32.0 Å². The lowest BCUT2D eigenvalue weighted by Crippen LogP contribution is -1.80. The molecule has 1 aromatic rings. The Kier molecular flexibility index (Phi) is 2.87. The lowest BCUT2D eigenvalue weighted by atomic mass is 10.3. The molecule has 11 heavy (non-hydrogen) atoms. The van der Waals surface area contributed by atoms with Crippen LogP contribution in [0.3, 0.4) is 0 Å². The molecular weight excluding hydrogens is 233 g/mol. The van der Waals surface area contributed by atoms with Gasteiger partial charge >= 0.3 is 0 Å². The maximum absolute atomic E-state index is 12.7. The molecule has 0 atom stereocenters. The molecule has 0 aliphatic heterocycles. The number of hydrogen-bond donors (Lipinski definition) is 0. The van der Waals surface area contributed by atoms with Crippen LogP contribution in [0, 0.1) is 5.82 Å². The zero-order valence-electron chi connectivity index (χ0n) is 4.97. The van der Waals surface area contributed by atoms with Crippen molar-refractivity contribution in [1.29, 1.82) is 0 Å². The third-order valence-corrected chi connectivity index (χ3v) is 2.79. The second-order valence-corrected chi connectivity index (χ2v) is 3.32. The molecule has 0 fully saturated rings. The summed E-state index contributed by atoms with van der Waals surface area (Å²) in [4.78, 5) is 0. The predicted octanol–water partition coefficient (Wildman–Crippen LogP) is 4.44. The first-order valence-corrected chi connectivity index (χ1v) is 4.03. The van der Waals surface area contributed by atoms with Gasteiger partial charge in [0.25, 0.3) is 0 Å². The Hall–Kier alpha value is 0.310. The van der Waals surface area contributed by atoms with Gasteiger partial charge in [-0.15, -0.1) is 0 Å². The van der Waals surface area contributed by atoms with Crippen LogP contribution in [0.5, 0.6) is 0 Å². The van der Waals surface area contributed by atoms with Crippen molar-refractivity contribution < 1.29 is 4.39 Å². The summed E-state index contributed by atoms with van der Waals surface area (Å²) in [6.07, 6.45) is 0. The van der Waals surface area contributed by atoms with Gasteiger partial charge in [0.05, 0.1) is 20.1 Å². The van der Waals surface area contributed by atoms with E-state index >= 15 is 0 Å². The maximum atomic E-state index is 12.7. The molecule has 0 saturated carbocycles. The summed E-state index contributed by atoms with van der Waals surface area (Å²) >= 11 is 21.9. The van der Waals surface area contributed by atoms with Crippen LogP contribution >= 0.6 is 46.4 Å². The molecule has 0 N–H and O–H groups in total. The highest BCUT2D eigenvalue weighted by molar-refractivity contribution is 6.51. The van der Waals surface area contributed by atoms with Gasteiger partial charge in [-0.25, -0.2) is 4.39 Å². The lowest BCUT2D eigenvalue weighted by molar-refractivity contribution is 0.628. The van der Waals surface area contributed by atoms with Crippen molar-refractivity contribution in [2.24, 2.45) is 0 Å². The summed E-state index contributed by atoms with van der Waals surface area (Å²) in [7, 11) is 0. The first-order chi connectivity index (χ1) is 5.04. The Morgan fingerprint density at radius 1 is 0.909 bits per heavy atom. The van der Waals surface area contributed by atoms with E-state index in [0.717, 1.165) is 6.07 Å². The highest BCUT2D eigenvalue weighted by Crippen LogP contribution is 2.37. The Labute approximate surface area is 82.8 Å². The van der Waals surface area contributed by atoms with Crippen LogP contribution in [-0.2, 0) is 0 Å². The van der Waals surface area contributed by atoms with Gasteiger partial charge in [0.1, 0.15) is 5.82 Å². The first-order valence-electron chi connectivity index (χ1n) is 2.52. The van der Waals surface area contributed by atoms with Crippen molar-refractivity contribution in [2.75, 3.05) is 0 Å². The third-order valence-electron chi connectivity index (χ3n) is 1.06. The molecule has 0 radical (unpaired) electrons. The monoisotopic (exact) mass is 232 g/mol. The second-order valence-electron chi connectivity index (χ2n) is 1.78. The van der Waals surface area contributed by atoms with E-state index in [2.05, 4.69) is 0 Å². The molecular formula is C6HCl4F. The van der Waals surface area contributed by atoms with Gasteiger partial charge in [-0.2, -0.15) is 0 Å². The molecule has 0 heterocycles. The molecule has 0 unspecified atom stereocenters. The van der Waals surface area contributed by atoms with E-state index in [9.17, 15) is 4.39 Å². The average Bonchev–Trinajstić information content (AvgIpc) is 1.97. The van der Waals surface area contributed by atoms with Gasteiger partial charge in [0.15, 0.2) is 0 Å². The third kappa shape index (κ3) is 1.73. The minimum absolute atomic E-state index is 0.0542. The van der Waals surface area contributed by atoms with Crippen molar-refractivity contribution in [2.45, 2.75) is 0 Å². The zero-order chi connectivity index (χ0) is 8.59. The minimum Gasteiger partial charge on any atom is -0.205 e. The molecule has 1 aromatic carbocycles. The highest BCUT2D eigenvalue weighted by Gasteiger charge is 2.12. The first kappa shape index (κ1) is 9.40.